The van der Waals surface area contributed by atoms with E-state index in [1.165, 1.54) is 18.6 Å². The SMILES string of the molecule is CCCN(C)CCC(NC)c1ccc(F)cc1. The third-order valence-corrected chi connectivity index (χ3v) is 3.03. The van der Waals surface area contributed by atoms with Gasteiger partial charge in [0.15, 0.2) is 0 Å². The average molecular weight is 238 g/mol. The van der Waals surface area contributed by atoms with Gasteiger partial charge >= 0.3 is 0 Å². The zero-order valence-corrected chi connectivity index (χ0v) is 11.0. The van der Waals surface area contributed by atoms with Gasteiger partial charge in [-0.25, -0.2) is 4.39 Å². The molecule has 1 aromatic carbocycles. The van der Waals surface area contributed by atoms with Gasteiger partial charge in [-0.3, -0.25) is 0 Å². The van der Waals surface area contributed by atoms with E-state index in [9.17, 15) is 4.39 Å². The van der Waals surface area contributed by atoms with Crippen molar-refractivity contribution in [3.63, 3.8) is 0 Å². The Labute approximate surface area is 104 Å². The highest BCUT2D eigenvalue weighted by Gasteiger charge is 2.10. The van der Waals surface area contributed by atoms with Gasteiger partial charge in [0.2, 0.25) is 0 Å². The normalized spacial score (nSPS) is 13.0. The van der Waals surface area contributed by atoms with E-state index >= 15 is 0 Å². The largest absolute Gasteiger partial charge is 0.313 e. The van der Waals surface area contributed by atoms with Crippen LogP contribution in [0.2, 0.25) is 0 Å². The van der Waals surface area contributed by atoms with Crippen molar-refractivity contribution in [3.05, 3.63) is 35.6 Å². The lowest BCUT2D eigenvalue weighted by Crippen LogP contribution is -2.26. The van der Waals surface area contributed by atoms with Gasteiger partial charge in [-0.15, -0.1) is 0 Å². The minimum absolute atomic E-state index is 0.174. The van der Waals surface area contributed by atoms with Crippen LogP contribution < -0.4 is 5.32 Å². The summed E-state index contributed by atoms with van der Waals surface area (Å²) in [5.41, 5.74) is 1.15. The van der Waals surface area contributed by atoms with Crippen LogP contribution in [0.5, 0.6) is 0 Å². The summed E-state index contributed by atoms with van der Waals surface area (Å²) in [6.45, 7) is 4.36. The molecule has 0 aromatic heterocycles. The molecule has 0 heterocycles. The molecular weight excluding hydrogens is 215 g/mol. The van der Waals surface area contributed by atoms with E-state index in [0.717, 1.165) is 25.1 Å². The maximum Gasteiger partial charge on any atom is 0.123 e. The molecule has 96 valence electrons. The summed E-state index contributed by atoms with van der Waals surface area (Å²) in [6, 6.07) is 7.06. The van der Waals surface area contributed by atoms with E-state index in [1.807, 2.05) is 19.2 Å². The van der Waals surface area contributed by atoms with Gasteiger partial charge in [-0.1, -0.05) is 19.1 Å². The molecule has 1 aromatic rings. The number of hydrogen-bond acceptors (Lipinski definition) is 2. The minimum atomic E-state index is -0.174. The van der Waals surface area contributed by atoms with Crippen molar-refractivity contribution >= 4 is 0 Å². The van der Waals surface area contributed by atoms with Gasteiger partial charge in [-0.05, 0) is 57.7 Å². The second-order valence-corrected chi connectivity index (χ2v) is 4.48. The molecule has 0 saturated heterocycles. The van der Waals surface area contributed by atoms with Gasteiger partial charge < -0.3 is 10.2 Å². The van der Waals surface area contributed by atoms with Crippen molar-refractivity contribution in [1.29, 1.82) is 0 Å². The summed E-state index contributed by atoms with van der Waals surface area (Å²) in [5, 5.41) is 3.29. The van der Waals surface area contributed by atoms with E-state index in [2.05, 4.69) is 24.2 Å². The molecule has 2 nitrogen and oxygen atoms in total. The van der Waals surface area contributed by atoms with Crippen LogP contribution in [0.4, 0.5) is 4.39 Å². The number of nitrogens with one attached hydrogen (secondary N) is 1. The van der Waals surface area contributed by atoms with E-state index in [1.54, 1.807) is 0 Å². The van der Waals surface area contributed by atoms with Crippen molar-refractivity contribution in [3.8, 4) is 0 Å². The highest BCUT2D eigenvalue weighted by atomic mass is 19.1. The summed E-state index contributed by atoms with van der Waals surface area (Å²) < 4.78 is 12.8. The second kappa shape index (κ2) is 7.41. The van der Waals surface area contributed by atoms with Crippen LogP contribution in [0.3, 0.4) is 0 Å². The Morgan fingerprint density at radius 1 is 1.24 bits per heavy atom. The Kier molecular flexibility index (Phi) is 6.16. The monoisotopic (exact) mass is 238 g/mol. The molecular formula is C14H23FN2. The van der Waals surface area contributed by atoms with Crippen molar-refractivity contribution in [2.24, 2.45) is 0 Å². The van der Waals surface area contributed by atoms with Crippen LogP contribution >= 0.6 is 0 Å². The first-order valence-corrected chi connectivity index (χ1v) is 6.28. The Morgan fingerprint density at radius 2 is 1.88 bits per heavy atom. The number of nitrogens with zero attached hydrogens (tertiary/aromatic N) is 1. The summed E-state index contributed by atoms with van der Waals surface area (Å²) in [4.78, 5) is 2.33. The molecule has 3 heteroatoms. The minimum Gasteiger partial charge on any atom is -0.313 e. The molecule has 17 heavy (non-hydrogen) atoms. The van der Waals surface area contributed by atoms with Crippen molar-refractivity contribution in [2.75, 3.05) is 27.2 Å². The lowest BCUT2D eigenvalue weighted by molar-refractivity contribution is 0.311. The number of rotatable bonds is 7. The molecule has 0 spiro atoms. The molecule has 0 radical (unpaired) electrons. The van der Waals surface area contributed by atoms with Gasteiger partial charge in [0, 0.05) is 6.04 Å². The fourth-order valence-corrected chi connectivity index (χ4v) is 2.02. The topological polar surface area (TPSA) is 15.3 Å². The van der Waals surface area contributed by atoms with E-state index < -0.39 is 0 Å². The third kappa shape index (κ3) is 4.84. The molecule has 1 rings (SSSR count). The third-order valence-electron chi connectivity index (χ3n) is 3.03. The van der Waals surface area contributed by atoms with Gasteiger partial charge in [0.05, 0.1) is 0 Å². The van der Waals surface area contributed by atoms with Gasteiger partial charge in [0.25, 0.3) is 0 Å². The van der Waals surface area contributed by atoms with Crippen LogP contribution in [0.15, 0.2) is 24.3 Å². The summed E-state index contributed by atoms with van der Waals surface area (Å²) in [5.74, 6) is -0.174. The number of benzene rings is 1. The average Bonchev–Trinajstić information content (AvgIpc) is 2.32. The smallest absolute Gasteiger partial charge is 0.123 e. The first-order chi connectivity index (χ1) is 8.17. The number of halogens is 1. The van der Waals surface area contributed by atoms with Crippen LogP contribution in [0, 0.1) is 5.82 Å². The molecule has 0 aliphatic rings. The lowest BCUT2D eigenvalue weighted by atomic mass is 10.0. The van der Waals surface area contributed by atoms with E-state index in [-0.39, 0.29) is 5.82 Å². The van der Waals surface area contributed by atoms with Crippen LogP contribution in [0.1, 0.15) is 31.4 Å². The highest BCUT2D eigenvalue weighted by Crippen LogP contribution is 2.17. The van der Waals surface area contributed by atoms with Crippen molar-refractivity contribution in [1.82, 2.24) is 10.2 Å². The Hall–Kier alpha value is -0.930. The highest BCUT2D eigenvalue weighted by molar-refractivity contribution is 5.19. The molecule has 0 saturated carbocycles. The molecule has 0 amide bonds. The van der Waals surface area contributed by atoms with Gasteiger partial charge in [-0.2, -0.15) is 0 Å². The Bertz CT molecular complexity index is 311. The maximum atomic E-state index is 12.8. The quantitative estimate of drug-likeness (QED) is 0.786. The second-order valence-electron chi connectivity index (χ2n) is 4.48. The zero-order valence-electron chi connectivity index (χ0n) is 11.0. The number of hydrogen-bond donors (Lipinski definition) is 1. The first kappa shape index (κ1) is 14.1. The van der Waals surface area contributed by atoms with Crippen LogP contribution in [-0.4, -0.2) is 32.1 Å². The first-order valence-electron chi connectivity index (χ1n) is 6.28. The van der Waals surface area contributed by atoms with Crippen molar-refractivity contribution < 1.29 is 4.39 Å². The molecule has 0 bridgehead atoms. The molecule has 0 aliphatic carbocycles. The molecule has 0 aliphatic heterocycles. The standard InChI is InChI=1S/C14H23FN2/c1-4-10-17(3)11-9-14(16-2)12-5-7-13(15)8-6-12/h5-8,14,16H,4,9-11H2,1-3H3. The van der Waals surface area contributed by atoms with E-state index in [4.69, 9.17) is 0 Å². The summed E-state index contributed by atoms with van der Waals surface area (Å²) in [6.07, 6.45) is 2.22. The fourth-order valence-electron chi connectivity index (χ4n) is 2.02. The molecule has 1 atom stereocenters. The summed E-state index contributed by atoms with van der Waals surface area (Å²) >= 11 is 0. The Balaban J connectivity index is 2.51. The summed E-state index contributed by atoms with van der Waals surface area (Å²) in [7, 11) is 4.09. The zero-order chi connectivity index (χ0) is 12.7. The predicted molar refractivity (Wildman–Crippen MR) is 70.6 cm³/mol. The van der Waals surface area contributed by atoms with Gasteiger partial charge in [0.1, 0.15) is 5.82 Å². The molecule has 0 fully saturated rings. The van der Waals surface area contributed by atoms with Crippen LogP contribution in [-0.2, 0) is 0 Å². The van der Waals surface area contributed by atoms with E-state index in [0.29, 0.717) is 6.04 Å². The molecule has 1 N–H and O–H groups in total. The molecule has 1 unspecified atom stereocenters. The Morgan fingerprint density at radius 3 is 2.41 bits per heavy atom. The van der Waals surface area contributed by atoms with Crippen LogP contribution in [0.25, 0.3) is 0 Å². The van der Waals surface area contributed by atoms with Crippen molar-refractivity contribution in [2.45, 2.75) is 25.8 Å². The fraction of sp³-hybridized carbons (Fsp3) is 0.571. The predicted octanol–water partition coefficient (Wildman–Crippen LogP) is 2.82. The lowest BCUT2D eigenvalue weighted by Gasteiger charge is -2.21. The maximum absolute atomic E-state index is 12.8.